The molecular formula is C21H30ClNO6. The topological polar surface area (TPSA) is 74.3 Å². The SMILES string of the molecule is COc1ccc(C2OC(C(=O)Cl)[C@H](CC(C)C)N2C(=O)OC(C)(C)C)c(OC)c1. The number of carbonyl (C=O) groups excluding carboxylic acids is 2. The quantitative estimate of drug-likeness (QED) is 0.621. The second-order valence-electron chi connectivity index (χ2n) is 8.41. The molecule has 7 nitrogen and oxygen atoms in total. The number of rotatable bonds is 6. The van der Waals surface area contributed by atoms with Gasteiger partial charge in [-0.1, -0.05) is 13.8 Å². The fraction of sp³-hybridized carbons (Fsp3) is 0.619. The molecule has 1 amide bonds. The Morgan fingerprint density at radius 1 is 1.21 bits per heavy atom. The molecule has 1 heterocycles. The molecule has 0 bridgehead atoms. The normalized spacial score (nSPS) is 22.0. The maximum atomic E-state index is 13.1. The molecule has 29 heavy (non-hydrogen) atoms. The summed E-state index contributed by atoms with van der Waals surface area (Å²) in [5, 5.41) is -0.654. The van der Waals surface area contributed by atoms with E-state index in [4.69, 9.17) is 30.5 Å². The first kappa shape index (κ1) is 23.3. The Morgan fingerprint density at radius 3 is 2.34 bits per heavy atom. The number of methoxy groups -OCH3 is 2. The van der Waals surface area contributed by atoms with Gasteiger partial charge >= 0.3 is 6.09 Å². The Morgan fingerprint density at radius 2 is 1.86 bits per heavy atom. The van der Waals surface area contributed by atoms with E-state index in [0.29, 0.717) is 23.5 Å². The van der Waals surface area contributed by atoms with Crippen LogP contribution in [0.1, 0.15) is 52.8 Å². The number of carbonyl (C=O) groups is 2. The van der Waals surface area contributed by atoms with E-state index in [1.54, 1.807) is 46.1 Å². The van der Waals surface area contributed by atoms with Crippen molar-refractivity contribution in [2.45, 2.75) is 65.0 Å². The van der Waals surface area contributed by atoms with Crippen molar-refractivity contribution in [3.8, 4) is 11.5 Å². The van der Waals surface area contributed by atoms with Gasteiger partial charge < -0.3 is 18.9 Å². The summed E-state index contributed by atoms with van der Waals surface area (Å²) in [5.74, 6) is 1.26. The van der Waals surface area contributed by atoms with Gasteiger partial charge in [0.25, 0.3) is 5.24 Å². The van der Waals surface area contributed by atoms with Crippen molar-refractivity contribution in [2.75, 3.05) is 14.2 Å². The number of amides is 1. The standard InChI is InChI=1S/C21H30ClNO6/c1-12(2)10-15-17(18(22)24)28-19(23(15)20(25)29-21(3,4)5)14-9-8-13(26-6)11-16(14)27-7/h8-9,11-12,15,17,19H,10H2,1-7H3/t15-,17?,19?/m0/s1. The van der Waals surface area contributed by atoms with Crippen molar-refractivity contribution in [3.05, 3.63) is 23.8 Å². The third-order valence-electron chi connectivity index (χ3n) is 4.48. The average Bonchev–Trinajstić information content (AvgIpc) is 2.98. The van der Waals surface area contributed by atoms with Crippen LogP contribution in [0.25, 0.3) is 0 Å². The molecule has 0 N–H and O–H groups in total. The first-order chi connectivity index (χ1) is 13.5. The Labute approximate surface area is 177 Å². The highest BCUT2D eigenvalue weighted by Crippen LogP contribution is 2.43. The summed E-state index contributed by atoms with van der Waals surface area (Å²) >= 11 is 5.85. The number of ether oxygens (including phenoxy) is 4. The minimum atomic E-state index is -0.969. The van der Waals surface area contributed by atoms with E-state index in [2.05, 4.69) is 0 Å². The van der Waals surface area contributed by atoms with Gasteiger partial charge in [0.05, 0.1) is 20.3 Å². The van der Waals surface area contributed by atoms with Gasteiger partial charge in [-0.2, -0.15) is 0 Å². The van der Waals surface area contributed by atoms with E-state index in [-0.39, 0.29) is 5.92 Å². The van der Waals surface area contributed by atoms with Crippen molar-refractivity contribution in [2.24, 2.45) is 5.92 Å². The zero-order valence-electron chi connectivity index (χ0n) is 18.0. The molecule has 0 radical (unpaired) electrons. The van der Waals surface area contributed by atoms with Gasteiger partial charge in [-0.25, -0.2) is 4.79 Å². The van der Waals surface area contributed by atoms with Crippen LogP contribution in [0, 0.1) is 5.92 Å². The van der Waals surface area contributed by atoms with Crippen LogP contribution in [-0.2, 0) is 14.3 Å². The minimum absolute atomic E-state index is 0.198. The van der Waals surface area contributed by atoms with Gasteiger partial charge in [0, 0.05) is 11.6 Å². The van der Waals surface area contributed by atoms with Crippen molar-refractivity contribution >= 4 is 22.9 Å². The minimum Gasteiger partial charge on any atom is -0.497 e. The number of benzene rings is 1. The molecule has 162 valence electrons. The molecule has 0 spiro atoms. The monoisotopic (exact) mass is 427 g/mol. The molecule has 0 aliphatic carbocycles. The Balaban J connectivity index is 2.55. The molecular weight excluding hydrogens is 398 g/mol. The fourth-order valence-electron chi connectivity index (χ4n) is 3.33. The summed E-state index contributed by atoms with van der Waals surface area (Å²) in [7, 11) is 3.06. The second-order valence-corrected chi connectivity index (χ2v) is 8.78. The molecule has 1 aromatic rings. The maximum Gasteiger partial charge on any atom is 0.412 e. The molecule has 1 aliphatic rings. The number of nitrogens with zero attached hydrogens (tertiary/aromatic N) is 1. The van der Waals surface area contributed by atoms with Crippen LogP contribution in [0.4, 0.5) is 4.79 Å². The fourth-order valence-corrected chi connectivity index (χ4v) is 3.53. The molecule has 8 heteroatoms. The van der Waals surface area contributed by atoms with Crippen LogP contribution in [0.3, 0.4) is 0 Å². The van der Waals surface area contributed by atoms with Crippen molar-refractivity contribution in [1.82, 2.24) is 4.90 Å². The molecule has 1 saturated heterocycles. The molecule has 1 aliphatic heterocycles. The van der Waals surface area contributed by atoms with Crippen LogP contribution < -0.4 is 9.47 Å². The summed E-state index contributed by atoms with van der Waals surface area (Å²) in [6, 6.07) is 4.61. The van der Waals surface area contributed by atoms with E-state index >= 15 is 0 Å². The van der Waals surface area contributed by atoms with E-state index in [1.807, 2.05) is 13.8 Å². The molecule has 0 saturated carbocycles. The van der Waals surface area contributed by atoms with Crippen molar-refractivity contribution in [3.63, 3.8) is 0 Å². The second kappa shape index (κ2) is 9.22. The summed E-state index contributed by atoms with van der Waals surface area (Å²) in [6.07, 6.45) is -1.91. The van der Waals surface area contributed by atoms with Gasteiger partial charge in [-0.15, -0.1) is 0 Å². The first-order valence-electron chi connectivity index (χ1n) is 9.56. The lowest BCUT2D eigenvalue weighted by molar-refractivity contribution is -0.122. The average molecular weight is 428 g/mol. The molecule has 2 unspecified atom stereocenters. The number of halogens is 1. The molecule has 0 aromatic heterocycles. The predicted octanol–water partition coefficient (Wildman–Crippen LogP) is 4.52. The van der Waals surface area contributed by atoms with Crippen LogP contribution in [-0.4, -0.2) is 48.2 Å². The van der Waals surface area contributed by atoms with E-state index in [0.717, 1.165) is 0 Å². The maximum absolute atomic E-state index is 13.1. The zero-order valence-corrected chi connectivity index (χ0v) is 18.8. The zero-order chi connectivity index (χ0) is 21.9. The molecule has 2 rings (SSSR count). The van der Waals surface area contributed by atoms with Gasteiger partial charge in [0.1, 0.15) is 17.1 Å². The Bertz CT molecular complexity index is 745. The van der Waals surface area contributed by atoms with Crippen LogP contribution in [0.2, 0.25) is 0 Å². The Hall–Kier alpha value is -1.99. The summed E-state index contributed by atoms with van der Waals surface area (Å²) < 4.78 is 22.4. The van der Waals surface area contributed by atoms with Crippen LogP contribution in [0.15, 0.2) is 18.2 Å². The third-order valence-corrected chi connectivity index (χ3v) is 4.70. The van der Waals surface area contributed by atoms with E-state index in [1.165, 1.54) is 12.0 Å². The van der Waals surface area contributed by atoms with Gasteiger partial charge in [-0.3, -0.25) is 9.69 Å². The Kier molecular flexibility index (Phi) is 7.40. The van der Waals surface area contributed by atoms with Gasteiger partial charge in [-0.05, 0) is 56.8 Å². The van der Waals surface area contributed by atoms with Gasteiger partial charge in [0.2, 0.25) is 0 Å². The van der Waals surface area contributed by atoms with Crippen molar-refractivity contribution in [1.29, 1.82) is 0 Å². The molecule has 1 aromatic carbocycles. The first-order valence-corrected chi connectivity index (χ1v) is 9.94. The van der Waals surface area contributed by atoms with Crippen LogP contribution >= 0.6 is 11.6 Å². The predicted molar refractivity (Wildman–Crippen MR) is 109 cm³/mol. The highest BCUT2D eigenvalue weighted by atomic mass is 35.5. The van der Waals surface area contributed by atoms with E-state index < -0.39 is 35.3 Å². The molecule has 3 atom stereocenters. The lowest BCUT2D eigenvalue weighted by Crippen LogP contribution is -2.45. The number of hydrogen-bond donors (Lipinski definition) is 0. The number of hydrogen-bond acceptors (Lipinski definition) is 6. The highest BCUT2D eigenvalue weighted by molar-refractivity contribution is 6.64. The summed E-state index contributed by atoms with van der Waals surface area (Å²) in [6.45, 7) is 9.36. The highest BCUT2D eigenvalue weighted by Gasteiger charge is 2.50. The molecule has 1 fully saturated rings. The lowest BCUT2D eigenvalue weighted by atomic mass is 9.99. The van der Waals surface area contributed by atoms with Crippen molar-refractivity contribution < 1.29 is 28.5 Å². The van der Waals surface area contributed by atoms with Crippen LogP contribution in [0.5, 0.6) is 11.5 Å². The largest absolute Gasteiger partial charge is 0.497 e. The van der Waals surface area contributed by atoms with E-state index in [9.17, 15) is 9.59 Å². The summed E-state index contributed by atoms with van der Waals surface area (Å²) in [5.41, 5.74) is -0.134. The lowest BCUT2D eigenvalue weighted by Gasteiger charge is -2.32. The van der Waals surface area contributed by atoms with Gasteiger partial charge in [0.15, 0.2) is 12.3 Å². The third kappa shape index (κ3) is 5.54. The smallest absolute Gasteiger partial charge is 0.412 e. The summed E-state index contributed by atoms with van der Waals surface area (Å²) in [4.78, 5) is 26.7.